The first-order chi connectivity index (χ1) is 7.72. The van der Waals surface area contributed by atoms with Gasteiger partial charge >= 0.3 is 0 Å². The Balaban J connectivity index is 2.33. The fourth-order valence-electron chi connectivity index (χ4n) is 1.63. The number of piperazine rings is 1. The third kappa shape index (κ3) is 2.38. The van der Waals surface area contributed by atoms with Crippen LogP contribution in [0.5, 0.6) is 0 Å². The first-order valence-corrected chi connectivity index (χ1v) is 5.85. The minimum absolute atomic E-state index is 0.260. The molecule has 1 aliphatic rings. The molecule has 0 atom stereocenters. The van der Waals surface area contributed by atoms with E-state index in [1.807, 2.05) is 0 Å². The molecular formula is C9H13Cl2N5. The van der Waals surface area contributed by atoms with Gasteiger partial charge in [-0.25, -0.2) is 9.97 Å². The van der Waals surface area contributed by atoms with E-state index >= 15 is 0 Å². The molecule has 0 aliphatic carbocycles. The van der Waals surface area contributed by atoms with Crippen molar-refractivity contribution in [3.63, 3.8) is 0 Å². The van der Waals surface area contributed by atoms with Gasteiger partial charge in [0, 0.05) is 26.2 Å². The lowest BCUT2D eigenvalue weighted by Gasteiger charge is -2.29. The zero-order valence-corrected chi connectivity index (χ0v) is 10.2. The quantitative estimate of drug-likeness (QED) is 0.766. The molecule has 1 aromatic rings. The second-order valence-electron chi connectivity index (χ2n) is 3.51. The number of anilines is 1. The molecule has 0 unspecified atom stereocenters. The summed E-state index contributed by atoms with van der Waals surface area (Å²) in [7, 11) is 0. The lowest BCUT2D eigenvalue weighted by molar-refractivity contribution is 0.583. The molecule has 0 radical (unpaired) electrons. The van der Waals surface area contributed by atoms with Crippen molar-refractivity contribution >= 4 is 29.0 Å². The molecule has 0 saturated carbocycles. The Morgan fingerprint density at radius 3 is 2.56 bits per heavy atom. The van der Waals surface area contributed by atoms with Crippen LogP contribution in [0.3, 0.4) is 0 Å². The summed E-state index contributed by atoms with van der Waals surface area (Å²) in [5, 5.41) is 3.93. The summed E-state index contributed by atoms with van der Waals surface area (Å²) < 4.78 is 0. The van der Waals surface area contributed by atoms with Crippen molar-refractivity contribution in [2.24, 2.45) is 5.73 Å². The fourth-order valence-corrected chi connectivity index (χ4v) is 2.01. The van der Waals surface area contributed by atoms with Gasteiger partial charge in [0.15, 0.2) is 11.0 Å². The zero-order chi connectivity index (χ0) is 11.5. The van der Waals surface area contributed by atoms with E-state index in [0.717, 1.165) is 26.2 Å². The average Bonchev–Trinajstić information content (AvgIpc) is 2.33. The van der Waals surface area contributed by atoms with Crippen LogP contribution in [0.15, 0.2) is 0 Å². The summed E-state index contributed by atoms with van der Waals surface area (Å²) in [4.78, 5) is 10.4. The maximum Gasteiger partial charge on any atom is 0.153 e. The molecule has 0 amide bonds. The fraction of sp³-hybridized carbons (Fsp3) is 0.556. The highest BCUT2D eigenvalue weighted by Crippen LogP contribution is 2.29. The maximum atomic E-state index is 6.10. The Kier molecular flexibility index (Phi) is 3.81. The minimum atomic E-state index is 0.260. The Morgan fingerprint density at radius 1 is 1.25 bits per heavy atom. The normalized spacial score (nSPS) is 16.6. The van der Waals surface area contributed by atoms with E-state index in [-0.39, 0.29) is 11.7 Å². The number of nitrogens with one attached hydrogen (secondary N) is 1. The molecule has 0 spiro atoms. The Labute approximate surface area is 104 Å². The van der Waals surface area contributed by atoms with Crippen molar-refractivity contribution in [1.29, 1.82) is 0 Å². The van der Waals surface area contributed by atoms with Crippen LogP contribution >= 0.6 is 23.2 Å². The summed E-state index contributed by atoms with van der Waals surface area (Å²) in [6, 6.07) is 0. The molecule has 16 heavy (non-hydrogen) atoms. The third-order valence-corrected chi connectivity index (χ3v) is 3.16. The lowest BCUT2D eigenvalue weighted by atomic mass is 10.3. The summed E-state index contributed by atoms with van der Waals surface area (Å²) in [6.45, 7) is 3.80. The number of halogens is 2. The van der Waals surface area contributed by atoms with Crippen LogP contribution in [0.1, 0.15) is 5.82 Å². The van der Waals surface area contributed by atoms with Gasteiger partial charge in [-0.15, -0.1) is 0 Å². The molecule has 7 heteroatoms. The van der Waals surface area contributed by atoms with E-state index in [1.165, 1.54) is 0 Å². The van der Waals surface area contributed by atoms with Crippen LogP contribution in [0.25, 0.3) is 0 Å². The second kappa shape index (κ2) is 5.14. The zero-order valence-electron chi connectivity index (χ0n) is 8.71. The van der Waals surface area contributed by atoms with Crippen LogP contribution in [-0.4, -0.2) is 36.1 Å². The van der Waals surface area contributed by atoms with E-state index < -0.39 is 0 Å². The number of rotatable bonds is 2. The molecule has 2 rings (SSSR count). The Morgan fingerprint density at radius 2 is 1.94 bits per heavy atom. The molecule has 0 aromatic carbocycles. The van der Waals surface area contributed by atoms with Gasteiger partial charge in [-0.2, -0.15) is 0 Å². The van der Waals surface area contributed by atoms with E-state index in [9.17, 15) is 0 Å². The first-order valence-electron chi connectivity index (χ1n) is 5.10. The van der Waals surface area contributed by atoms with Crippen LogP contribution in [0.4, 0.5) is 5.82 Å². The van der Waals surface area contributed by atoms with Crippen molar-refractivity contribution in [2.75, 3.05) is 31.1 Å². The molecule has 1 saturated heterocycles. The predicted octanol–water partition coefficient (Wildman–Crippen LogP) is 0.652. The smallest absolute Gasteiger partial charge is 0.153 e. The van der Waals surface area contributed by atoms with Gasteiger partial charge < -0.3 is 16.0 Å². The van der Waals surface area contributed by atoms with Gasteiger partial charge in [0.1, 0.15) is 10.8 Å². The highest BCUT2D eigenvalue weighted by molar-refractivity contribution is 6.42. The SMILES string of the molecule is NCc1nc(Cl)c(Cl)c(N2CCNCC2)n1. The number of nitrogens with two attached hydrogens (primary N) is 1. The van der Waals surface area contributed by atoms with Crippen LogP contribution in [-0.2, 0) is 6.54 Å². The second-order valence-corrected chi connectivity index (χ2v) is 4.25. The van der Waals surface area contributed by atoms with Gasteiger partial charge in [0.05, 0.1) is 6.54 Å². The molecule has 1 aromatic heterocycles. The molecule has 2 heterocycles. The summed E-state index contributed by atoms with van der Waals surface area (Å²) in [5.41, 5.74) is 5.51. The van der Waals surface area contributed by atoms with Crippen LogP contribution in [0.2, 0.25) is 10.2 Å². The van der Waals surface area contributed by atoms with E-state index in [1.54, 1.807) is 0 Å². The number of nitrogens with zero attached hydrogens (tertiary/aromatic N) is 3. The van der Waals surface area contributed by atoms with Crippen molar-refractivity contribution < 1.29 is 0 Å². The predicted molar refractivity (Wildman–Crippen MR) is 65.0 cm³/mol. The molecule has 0 bridgehead atoms. The highest BCUT2D eigenvalue weighted by Gasteiger charge is 2.18. The largest absolute Gasteiger partial charge is 0.353 e. The lowest BCUT2D eigenvalue weighted by Crippen LogP contribution is -2.44. The number of hydrogen-bond acceptors (Lipinski definition) is 5. The van der Waals surface area contributed by atoms with Crippen molar-refractivity contribution in [2.45, 2.75) is 6.54 Å². The van der Waals surface area contributed by atoms with Gasteiger partial charge in [0.2, 0.25) is 0 Å². The summed E-state index contributed by atoms with van der Waals surface area (Å²) in [5.74, 6) is 1.20. The van der Waals surface area contributed by atoms with Crippen molar-refractivity contribution in [1.82, 2.24) is 15.3 Å². The Hall–Kier alpha value is -0.620. The summed E-state index contributed by atoms with van der Waals surface area (Å²) >= 11 is 12.0. The minimum Gasteiger partial charge on any atom is -0.353 e. The number of aromatic nitrogens is 2. The molecule has 88 valence electrons. The average molecular weight is 262 g/mol. The standard InChI is InChI=1S/C9H13Cl2N5/c10-7-8(11)14-6(5-12)15-9(7)16-3-1-13-2-4-16/h13H,1-5,12H2. The maximum absolute atomic E-state index is 6.10. The van der Waals surface area contributed by atoms with Crippen LogP contribution in [0, 0.1) is 0 Å². The van der Waals surface area contributed by atoms with Gasteiger partial charge in [0.25, 0.3) is 0 Å². The topological polar surface area (TPSA) is 67.1 Å². The number of hydrogen-bond donors (Lipinski definition) is 2. The third-order valence-electron chi connectivity index (χ3n) is 2.44. The summed E-state index contributed by atoms with van der Waals surface area (Å²) in [6.07, 6.45) is 0. The molecule has 3 N–H and O–H groups in total. The van der Waals surface area contributed by atoms with Gasteiger partial charge in [-0.3, -0.25) is 0 Å². The molecule has 5 nitrogen and oxygen atoms in total. The van der Waals surface area contributed by atoms with E-state index in [4.69, 9.17) is 28.9 Å². The van der Waals surface area contributed by atoms with E-state index in [2.05, 4.69) is 20.2 Å². The van der Waals surface area contributed by atoms with E-state index in [0.29, 0.717) is 16.7 Å². The highest BCUT2D eigenvalue weighted by atomic mass is 35.5. The first kappa shape index (κ1) is 11.9. The monoisotopic (exact) mass is 261 g/mol. The van der Waals surface area contributed by atoms with Crippen LogP contribution < -0.4 is 16.0 Å². The van der Waals surface area contributed by atoms with Crippen molar-refractivity contribution in [3.8, 4) is 0 Å². The molecule has 1 fully saturated rings. The molecule has 1 aliphatic heterocycles. The van der Waals surface area contributed by atoms with Gasteiger partial charge in [-0.1, -0.05) is 23.2 Å². The molecular weight excluding hydrogens is 249 g/mol. The van der Waals surface area contributed by atoms with Gasteiger partial charge in [-0.05, 0) is 0 Å². The van der Waals surface area contributed by atoms with Crippen molar-refractivity contribution in [3.05, 3.63) is 16.0 Å². The Bertz CT molecular complexity index is 378.